The molecule has 0 aliphatic carbocycles. The normalized spacial score (nSPS) is 11.4. The fraction of sp³-hybridized carbons (Fsp3) is 0.217. The zero-order chi connectivity index (χ0) is 21.9. The van der Waals surface area contributed by atoms with E-state index in [1.54, 1.807) is 13.8 Å². The molecule has 0 spiro atoms. The van der Waals surface area contributed by atoms with Crippen molar-refractivity contribution in [2.24, 2.45) is 0 Å². The van der Waals surface area contributed by atoms with E-state index in [-0.39, 0.29) is 11.3 Å². The number of benzene rings is 2. The highest BCUT2D eigenvalue weighted by Gasteiger charge is 2.30. The topological polar surface area (TPSA) is 51.1 Å². The fourth-order valence-electron chi connectivity index (χ4n) is 3.39. The molecule has 1 N–H and O–H groups in total. The molecule has 1 amide bonds. The Morgan fingerprint density at radius 1 is 1.00 bits per heavy atom. The second-order valence-corrected chi connectivity index (χ2v) is 7.03. The first-order valence-corrected chi connectivity index (χ1v) is 9.40. The maximum absolute atomic E-state index is 12.9. The summed E-state index contributed by atoms with van der Waals surface area (Å²) in [6.45, 7) is 4.01. The summed E-state index contributed by atoms with van der Waals surface area (Å²) in [7, 11) is 0. The third kappa shape index (κ3) is 4.79. The van der Waals surface area contributed by atoms with Gasteiger partial charge in [0, 0.05) is 29.7 Å². The number of pyridine rings is 1. The Kier molecular flexibility index (Phi) is 6.10. The molecule has 0 atom stereocenters. The number of rotatable bonds is 5. The van der Waals surface area contributed by atoms with Gasteiger partial charge in [-0.3, -0.25) is 9.59 Å². The first-order chi connectivity index (χ1) is 14.2. The van der Waals surface area contributed by atoms with E-state index in [2.05, 4.69) is 5.32 Å². The van der Waals surface area contributed by atoms with Gasteiger partial charge in [0.15, 0.2) is 5.43 Å². The molecule has 0 bridgehead atoms. The second kappa shape index (κ2) is 8.57. The van der Waals surface area contributed by atoms with Crippen LogP contribution in [0.4, 0.5) is 18.9 Å². The Labute approximate surface area is 172 Å². The SMILES string of the molecule is Cc1cc(=O)c(C(=O)Nc2cccc(C(F)(F)F)c2)c(C)n1CCc1ccccc1. The van der Waals surface area contributed by atoms with Crippen LogP contribution >= 0.6 is 0 Å². The number of carbonyl (C=O) groups is 1. The van der Waals surface area contributed by atoms with Crippen LogP contribution in [-0.4, -0.2) is 10.5 Å². The quantitative estimate of drug-likeness (QED) is 0.640. The highest BCUT2D eigenvalue weighted by atomic mass is 19.4. The van der Waals surface area contributed by atoms with Crippen LogP contribution in [-0.2, 0) is 19.1 Å². The summed E-state index contributed by atoms with van der Waals surface area (Å²) in [6.07, 6.45) is -3.81. The number of anilines is 1. The number of amides is 1. The van der Waals surface area contributed by atoms with Crippen molar-refractivity contribution in [1.29, 1.82) is 0 Å². The number of hydrogen-bond acceptors (Lipinski definition) is 2. The van der Waals surface area contributed by atoms with Gasteiger partial charge in [-0.1, -0.05) is 36.4 Å². The average Bonchev–Trinajstić information content (AvgIpc) is 2.68. The molecule has 30 heavy (non-hydrogen) atoms. The smallest absolute Gasteiger partial charge is 0.348 e. The molecule has 0 saturated carbocycles. The number of carbonyl (C=O) groups excluding carboxylic acids is 1. The number of aromatic nitrogens is 1. The van der Waals surface area contributed by atoms with E-state index in [0.717, 1.165) is 17.7 Å². The lowest BCUT2D eigenvalue weighted by Crippen LogP contribution is -2.27. The summed E-state index contributed by atoms with van der Waals surface area (Å²) in [4.78, 5) is 25.2. The standard InChI is InChI=1S/C23H21F3N2O2/c1-15-13-20(29)21(16(2)28(15)12-11-17-7-4-3-5-8-17)22(30)27-19-10-6-9-18(14-19)23(24,25)26/h3-10,13-14H,11-12H2,1-2H3,(H,27,30). The van der Waals surface area contributed by atoms with Crippen LogP contribution in [0.3, 0.4) is 0 Å². The van der Waals surface area contributed by atoms with E-state index in [4.69, 9.17) is 0 Å². The molecule has 2 aromatic carbocycles. The van der Waals surface area contributed by atoms with E-state index in [0.29, 0.717) is 24.4 Å². The van der Waals surface area contributed by atoms with Gasteiger partial charge in [0.2, 0.25) is 0 Å². The second-order valence-electron chi connectivity index (χ2n) is 7.03. The monoisotopic (exact) mass is 414 g/mol. The molecule has 1 heterocycles. The summed E-state index contributed by atoms with van der Waals surface area (Å²) in [5, 5.41) is 2.42. The third-order valence-corrected chi connectivity index (χ3v) is 4.92. The van der Waals surface area contributed by atoms with Crippen molar-refractivity contribution >= 4 is 11.6 Å². The van der Waals surface area contributed by atoms with Gasteiger partial charge in [0.1, 0.15) is 5.56 Å². The number of nitrogens with one attached hydrogen (secondary N) is 1. The molecule has 3 aromatic rings. The predicted octanol–water partition coefficient (Wildman–Crippen LogP) is 4.98. The number of aryl methyl sites for hydroxylation is 2. The summed E-state index contributed by atoms with van der Waals surface area (Å²) >= 11 is 0. The molecule has 0 fully saturated rings. The van der Waals surface area contributed by atoms with Crippen molar-refractivity contribution in [1.82, 2.24) is 4.57 Å². The lowest BCUT2D eigenvalue weighted by atomic mass is 10.1. The maximum atomic E-state index is 12.9. The van der Waals surface area contributed by atoms with Crippen molar-refractivity contribution in [3.63, 3.8) is 0 Å². The molecule has 0 saturated heterocycles. The van der Waals surface area contributed by atoms with Crippen LogP contribution in [0, 0.1) is 13.8 Å². The number of hydrogen-bond donors (Lipinski definition) is 1. The Bertz CT molecular complexity index is 1120. The molecular formula is C23H21F3N2O2. The lowest BCUT2D eigenvalue weighted by Gasteiger charge is -2.18. The van der Waals surface area contributed by atoms with Crippen LogP contribution in [0.15, 0.2) is 65.5 Å². The third-order valence-electron chi connectivity index (χ3n) is 4.92. The molecule has 0 radical (unpaired) electrons. The zero-order valence-corrected chi connectivity index (χ0v) is 16.6. The van der Waals surface area contributed by atoms with Gasteiger partial charge < -0.3 is 9.88 Å². The molecule has 7 heteroatoms. The van der Waals surface area contributed by atoms with E-state index in [9.17, 15) is 22.8 Å². The Morgan fingerprint density at radius 2 is 1.70 bits per heavy atom. The predicted molar refractivity (Wildman–Crippen MR) is 110 cm³/mol. The molecule has 4 nitrogen and oxygen atoms in total. The van der Waals surface area contributed by atoms with Gasteiger partial charge in [0.25, 0.3) is 5.91 Å². The number of nitrogens with zero attached hydrogens (tertiary/aromatic N) is 1. The molecule has 0 aliphatic rings. The van der Waals surface area contributed by atoms with Gasteiger partial charge in [-0.15, -0.1) is 0 Å². The number of alkyl halides is 3. The van der Waals surface area contributed by atoms with Crippen molar-refractivity contribution in [2.75, 3.05) is 5.32 Å². The van der Waals surface area contributed by atoms with Crippen molar-refractivity contribution < 1.29 is 18.0 Å². The zero-order valence-electron chi connectivity index (χ0n) is 16.6. The minimum atomic E-state index is -4.52. The molecule has 0 aliphatic heterocycles. The van der Waals surface area contributed by atoms with Crippen LogP contribution in [0.1, 0.15) is 32.9 Å². The van der Waals surface area contributed by atoms with Gasteiger partial charge in [-0.25, -0.2) is 0 Å². The largest absolute Gasteiger partial charge is 0.416 e. The number of halogens is 3. The molecule has 156 valence electrons. The van der Waals surface area contributed by atoms with E-state index in [1.807, 2.05) is 34.9 Å². The first kappa shape index (κ1) is 21.4. The Morgan fingerprint density at radius 3 is 2.37 bits per heavy atom. The van der Waals surface area contributed by atoms with Crippen molar-refractivity contribution in [2.45, 2.75) is 33.0 Å². The van der Waals surface area contributed by atoms with Crippen LogP contribution in [0.5, 0.6) is 0 Å². The van der Waals surface area contributed by atoms with Crippen molar-refractivity contribution in [3.8, 4) is 0 Å². The first-order valence-electron chi connectivity index (χ1n) is 9.40. The minimum absolute atomic E-state index is 0.0231. The van der Waals surface area contributed by atoms with E-state index >= 15 is 0 Å². The van der Waals surface area contributed by atoms with Gasteiger partial charge in [-0.2, -0.15) is 13.2 Å². The molecule has 0 unspecified atom stereocenters. The van der Waals surface area contributed by atoms with Crippen molar-refractivity contribution in [3.05, 3.63) is 99.0 Å². The average molecular weight is 414 g/mol. The summed E-state index contributed by atoms with van der Waals surface area (Å²) < 4.78 is 40.6. The Hall–Kier alpha value is -3.35. The van der Waals surface area contributed by atoms with Gasteiger partial charge in [-0.05, 0) is 44.0 Å². The lowest BCUT2D eigenvalue weighted by molar-refractivity contribution is -0.137. The van der Waals surface area contributed by atoms with E-state index < -0.39 is 23.1 Å². The summed E-state index contributed by atoms with van der Waals surface area (Å²) in [5.74, 6) is -0.731. The highest BCUT2D eigenvalue weighted by Crippen LogP contribution is 2.30. The molecule has 1 aromatic heterocycles. The summed E-state index contributed by atoms with van der Waals surface area (Å²) in [6, 6.07) is 15.5. The summed E-state index contributed by atoms with van der Waals surface area (Å²) in [5.41, 5.74) is 0.858. The molecular weight excluding hydrogens is 393 g/mol. The Balaban J connectivity index is 1.88. The van der Waals surface area contributed by atoms with Crippen LogP contribution < -0.4 is 10.7 Å². The van der Waals surface area contributed by atoms with Gasteiger partial charge in [0.05, 0.1) is 5.56 Å². The van der Waals surface area contributed by atoms with E-state index in [1.165, 1.54) is 18.2 Å². The molecule has 3 rings (SSSR count). The van der Waals surface area contributed by atoms with Gasteiger partial charge >= 0.3 is 6.18 Å². The maximum Gasteiger partial charge on any atom is 0.416 e. The fourth-order valence-corrected chi connectivity index (χ4v) is 3.39. The minimum Gasteiger partial charge on any atom is -0.348 e. The highest BCUT2D eigenvalue weighted by molar-refractivity contribution is 6.05. The van der Waals surface area contributed by atoms with Crippen LogP contribution in [0.25, 0.3) is 0 Å². The van der Waals surface area contributed by atoms with Crippen LogP contribution in [0.2, 0.25) is 0 Å².